The molecule has 3 nitrogen and oxygen atoms in total. The van der Waals surface area contributed by atoms with Crippen molar-refractivity contribution in [1.82, 2.24) is 5.25 Å². The predicted octanol–water partition coefficient (Wildman–Crippen LogP) is 1.89. The highest BCUT2D eigenvalue weighted by atomic mass is 31.2. The lowest BCUT2D eigenvalue weighted by molar-refractivity contribution is 0.245. The summed E-state index contributed by atoms with van der Waals surface area (Å²) >= 11 is 0. The average Bonchev–Trinajstić information content (AvgIpc) is 2.40. The summed E-state index contributed by atoms with van der Waals surface area (Å²) in [7, 11) is -3.10. The Morgan fingerprint density at radius 2 is 1.19 bits per heavy atom. The van der Waals surface area contributed by atoms with Gasteiger partial charge in [-0.1, -0.05) is 36.4 Å². The lowest BCUT2D eigenvalue weighted by Crippen LogP contribution is -2.25. The van der Waals surface area contributed by atoms with Gasteiger partial charge in [0.1, 0.15) is 0 Å². The van der Waals surface area contributed by atoms with E-state index in [0.717, 1.165) is 0 Å². The zero-order valence-electron chi connectivity index (χ0n) is 8.58. The van der Waals surface area contributed by atoms with Crippen molar-refractivity contribution >= 4 is 17.9 Å². The van der Waals surface area contributed by atoms with Crippen LogP contribution >= 0.6 is 7.29 Å². The van der Waals surface area contributed by atoms with Gasteiger partial charge >= 0.3 is 0 Å². The Bertz CT molecular complexity index is 455. The first-order chi connectivity index (χ1) is 7.77. The standard InChI is InChI=1S/C12H12NO2P/c14-13-16(15,11-7-3-1-4-8-11)12-9-5-2-6-10-12/h1-10,14H,(H,13,15). The zero-order valence-corrected chi connectivity index (χ0v) is 9.47. The van der Waals surface area contributed by atoms with E-state index in [4.69, 9.17) is 0 Å². The molecule has 0 fully saturated rings. The molecular formula is C12H12NO2P. The summed E-state index contributed by atoms with van der Waals surface area (Å²) in [5.74, 6) is 0. The van der Waals surface area contributed by atoms with Crippen LogP contribution in [0.1, 0.15) is 0 Å². The maximum absolute atomic E-state index is 12.6. The van der Waals surface area contributed by atoms with Crippen molar-refractivity contribution in [2.75, 3.05) is 0 Å². The van der Waals surface area contributed by atoms with Crippen LogP contribution in [0.5, 0.6) is 0 Å². The third-order valence-electron chi connectivity index (χ3n) is 2.38. The van der Waals surface area contributed by atoms with Gasteiger partial charge in [0.15, 0.2) is 0 Å². The van der Waals surface area contributed by atoms with Gasteiger partial charge in [0.2, 0.25) is 7.29 Å². The molecule has 0 atom stereocenters. The van der Waals surface area contributed by atoms with Crippen molar-refractivity contribution in [1.29, 1.82) is 0 Å². The summed E-state index contributed by atoms with van der Waals surface area (Å²) in [6, 6.07) is 17.8. The van der Waals surface area contributed by atoms with E-state index in [1.165, 1.54) is 0 Å². The van der Waals surface area contributed by atoms with E-state index in [2.05, 4.69) is 0 Å². The maximum atomic E-state index is 12.6. The minimum atomic E-state index is -3.10. The number of nitrogens with one attached hydrogen (secondary N) is 1. The van der Waals surface area contributed by atoms with E-state index < -0.39 is 7.29 Å². The van der Waals surface area contributed by atoms with E-state index in [1.807, 2.05) is 17.4 Å². The van der Waals surface area contributed by atoms with Crippen molar-refractivity contribution in [3.8, 4) is 0 Å². The van der Waals surface area contributed by atoms with E-state index in [0.29, 0.717) is 10.6 Å². The Balaban J connectivity index is 2.54. The molecule has 0 aliphatic rings. The van der Waals surface area contributed by atoms with Crippen molar-refractivity contribution in [2.45, 2.75) is 0 Å². The second kappa shape index (κ2) is 4.62. The molecule has 0 saturated carbocycles. The van der Waals surface area contributed by atoms with Crippen LogP contribution in [0.4, 0.5) is 0 Å². The fraction of sp³-hybridized carbons (Fsp3) is 0. The zero-order chi connectivity index (χ0) is 11.4. The van der Waals surface area contributed by atoms with Crippen molar-refractivity contribution in [3.05, 3.63) is 60.7 Å². The lowest BCUT2D eigenvalue weighted by atomic mass is 10.4. The second-order valence-corrected chi connectivity index (χ2v) is 5.83. The molecule has 0 aliphatic heterocycles. The smallest absolute Gasteiger partial charge is 0.226 e. The second-order valence-electron chi connectivity index (χ2n) is 3.38. The van der Waals surface area contributed by atoms with Crippen molar-refractivity contribution in [2.24, 2.45) is 0 Å². The molecule has 2 aromatic carbocycles. The van der Waals surface area contributed by atoms with Gasteiger partial charge in [0, 0.05) is 10.6 Å². The van der Waals surface area contributed by atoms with E-state index >= 15 is 0 Å². The van der Waals surface area contributed by atoms with Gasteiger partial charge in [-0.15, -0.1) is 5.25 Å². The van der Waals surface area contributed by atoms with Gasteiger partial charge in [0.05, 0.1) is 0 Å². The minimum Gasteiger partial charge on any atom is -0.310 e. The lowest BCUT2D eigenvalue weighted by Gasteiger charge is -2.16. The van der Waals surface area contributed by atoms with E-state index in [9.17, 15) is 9.77 Å². The number of benzene rings is 2. The molecule has 82 valence electrons. The summed E-state index contributed by atoms with van der Waals surface area (Å²) in [4.78, 5) is 0. The first-order valence-electron chi connectivity index (χ1n) is 4.90. The molecule has 0 bridgehead atoms. The minimum absolute atomic E-state index is 0.587. The topological polar surface area (TPSA) is 49.3 Å². The fourth-order valence-electron chi connectivity index (χ4n) is 1.54. The molecule has 2 aromatic rings. The predicted molar refractivity (Wildman–Crippen MR) is 64.7 cm³/mol. The highest BCUT2D eigenvalue weighted by Gasteiger charge is 2.25. The summed E-state index contributed by atoms with van der Waals surface area (Å²) < 4.78 is 12.6. The number of hydrogen-bond acceptors (Lipinski definition) is 2. The molecule has 2 N–H and O–H groups in total. The molecule has 0 radical (unpaired) electrons. The fourth-order valence-corrected chi connectivity index (χ4v) is 3.25. The van der Waals surface area contributed by atoms with Gasteiger partial charge in [-0.3, -0.25) is 4.57 Å². The van der Waals surface area contributed by atoms with Gasteiger partial charge in [-0.05, 0) is 24.3 Å². The summed E-state index contributed by atoms with van der Waals surface area (Å²) in [5.41, 5.74) is 0. The first kappa shape index (κ1) is 11.1. The maximum Gasteiger partial charge on any atom is 0.226 e. The summed E-state index contributed by atoms with van der Waals surface area (Å²) in [5, 5.41) is 12.3. The van der Waals surface area contributed by atoms with Crippen LogP contribution in [0.25, 0.3) is 0 Å². The molecule has 0 unspecified atom stereocenters. The van der Waals surface area contributed by atoms with E-state index in [1.54, 1.807) is 48.5 Å². The van der Waals surface area contributed by atoms with Crippen LogP contribution in [0.15, 0.2) is 60.7 Å². The Kier molecular flexibility index (Phi) is 3.20. The number of rotatable bonds is 3. The Morgan fingerprint density at radius 3 is 1.50 bits per heavy atom. The van der Waals surface area contributed by atoms with Gasteiger partial charge in [0.25, 0.3) is 0 Å². The quantitative estimate of drug-likeness (QED) is 0.628. The SMILES string of the molecule is O=P(NO)(c1ccccc1)c1ccccc1. The highest BCUT2D eigenvalue weighted by Crippen LogP contribution is 2.37. The molecule has 16 heavy (non-hydrogen) atoms. The highest BCUT2D eigenvalue weighted by molar-refractivity contribution is 7.76. The van der Waals surface area contributed by atoms with Crippen LogP contribution in [0.3, 0.4) is 0 Å². The third-order valence-corrected chi connectivity index (χ3v) is 4.71. The van der Waals surface area contributed by atoms with Gasteiger partial charge in [-0.25, -0.2) is 0 Å². The monoisotopic (exact) mass is 233 g/mol. The van der Waals surface area contributed by atoms with Crippen molar-refractivity contribution < 1.29 is 9.77 Å². The van der Waals surface area contributed by atoms with Crippen LogP contribution < -0.4 is 15.9 Å². The molecule has 2 rings (SSSR count). The van der Waals surface area contributed by atoms with E-state index in [-0.39, 0.29) is 0 Å². The first-order valence-corrected chi connectivity index (χ1v) is 6.61. The summed E-state index contributed by atoms with van der Waals surface area (Å²) in [6.45, 7) is 0. The molecular weight excluding hydrogens is 221 g/mol. The number of hydrogen-bond donors (Lipinski definition) is 2. The molecule has 0 heterocycles. The Labute approximate surface area is 94.1 Å². The normalized spacial score (nSPS) is 11.3. The molecule has 4 heteroatoms. The molecule has 0 amide bonds. The molecule has 0 aliphatic carbocycles. The van der Waals surface area contributed by atoms with Crippen molar-refractivity contribution in [3.63, 3.8) is 0 Å². The summed E-state index contributed by atoms with van der Waals surface area (Å²) in [6.07, 6.45) is 0. The van der Waals surface area contributed by atoms with Gasteiger partial charge < -0.3 is 5.21 Å². The van der Waals surface area contributed by atoms with Gasteiger partial charge in [-0.2, -0.15) is 0 Å². The molecule has 0 aromatic heterocycles. The Hall–Kier alpha value is -1.41. The van der Waals surface area contributed by atoms with Crippen LogP contribution in [0.2, 0.25) is 0 Å². The third kappa shape index (κ3) is 1.93. The average molecular weight is 233 g/mol. The van der Waals surface area contributed by atoms with Crippen LogP contribution in [0, 0.1) is 0 Å². The molecule has 0 spiro atoms. The van der Waals surface area contributed by atoms with Crippen LogP contribution in [-0.2, 0) is 4.57 Å². The molecule has 0 saturated heterocycles. The van der Waals surface area contributed by atoms with Crippen LogP contribution in [-0.4, -0.2) is 5.21 Å². The Morgan fingerprint density at radius 1 is 0.812 bits per heavy atom. The largest absolute Gasteiger partial charge is 0.310 e.